The van der Waals surface area contributed by atoms with Crippen LogP contribution in [0.2, 0.25) is 0 Å². The van der Waals surface area contributed by atoms with Gasteiger partial charge in [0.2, 0.25) is 11.8 Å². The summed E-state index contributed by atoms with van der Waals surface area (Å²) in [7, 11) is 4.00. The Bertz CT molecular complexity index is 301. The molecule has 5 nitrogen and oxygen atoms in total. The number of nitrogens with zero attached hydrogens (tertiary/aromatic N) is 3. The molecule has 1 aromatic heterocycles. The van der Waals surface area contributed by atoms with E-state index in [-0.39, 0.29) is 0 Å². The van der Waals surface area contributed by atoms with E-state index in [0.717, 1.165) is 19.4 Å². The Morgan fingerprint density at radius 1 is 1.06 bits per heavy atom. The number of rotatable bonds is 8. The maximum absolute atomic E-state index is 5.43. The SMILES string of the molecule is CCCCOc1ccc(OCCN(C)C)nn1. The van der Waals surface area contributed by atoms with E-state index in [1.54, 1.807) is 12.1 Å². The fourth-order valence-corrected chi connectivity index (χ4v) is 1.12. The average molecular weight is 239 g/mol. The summed E-state index contributed by atoms with van der Waals surface area (Å²) in [4.78, 5) is 2.05. The number of likely N-dealkylation sites (N-methyl/N-ethyl adjacent to an activating group) is 1. The van der Waals surface area contributed by atoms with Crippen molar-refractivity contribution in [1.29, 1.82) is 0 Å². The van der Waals surface area contributed by atoms with Gasteiger partial charge in [0.05, 0.1) is 6.61 Å². The number of unbranched alkanes of at least 4 members (excludes halogenated alkanes) is 1. The summed E-state index contributed by atoms with van der Waals surface area (Å²) < 4.78 is 10.8. The molecule has 0 saturated carbocycles. The van der Waals surface area contributed by atoms with Gasteiger partial charge in [-0.1, -0.05) is 13.3 Å². The van der Waals surface area contributed by atoms with Crippen LogP contribution in [0.5, 0.6) is 11.8 Å². The number of hydrogen-bond donors (Lipinski definition) is 0. The number of hydrogen-bond acceptors (Lipinski definition) is 5. The van der Waals surface area contributed by atoms with Crippen LogP contribution in [-0.4, -0.2) is 49.0 Å². The molecule has 0 radical (unpaired) electrons. The highest BCUT2D eigenvalue weighted by Gasteiger charge is 1.99. The first-order valence-corrected chi connectivity index (χ1v) is 5.96. The monoisotopic (exact) mass is 239 g/mol. The molecule has 1 heterocycles. The first-order valence-electron chi connectivity index (χ1n) is 5.96. The summed E-state index contributed by atoms with van der Waals surface area (Å²) in [5.74, 6) is 1.09. The summed E-state index contributed by atoms with van der Waals surface area (Å²) in [5, 5.41) is 7.88. The van der Waals surface area contributed by atoms with Gasteiger partial charge >= 0.3 is 0 Å². The van der Waals surface area contributed by atoms with Gasteiger partial charge in [-0.2, -0.15) is 0 Å². The van der Waals surface area contributed by atoms with Gasteiger partial charge in [0.15, 0.2) is 0 Å². The van der Waals surface area contributed by atoms with Gasteiger partial charge in [-0.3, -0.25) is 0 Å². The number of aromatic nitrogens is 2. The Morgan fingerprint density at radius 2 is 1.65 bits per heavy atom. The summed E-state index contributed by atoms with van der Waals surface area (Å²) in [6.45, 7) is 4.27. The Labute approximate surface area is 103 Å². The van der Waals surface area contributed by atoms with Gasteiger partial charge in [0.1, 0.15) is 6.61 Å². The molecule has 0 aliphatic carbocycles. The highest BCUT2D eigenvalue weighted by atomic mass is 16.5. The molecule has 0 spiro atoms. The molecule has 0 aliphatic rings. The highest BCUT2D eigenvalue weighted by Crippen LogP contribution is 2.10. The van der Waals surface area contributed by atoms with Crippen LogP contribution in [0.3, 0.4) is 0 Å². The zero-order valence-electron chi connectivity index (χ0n) is 10.8. The van der Waals surface area contributed by atoms with E-state index in [1.165, 1.54) is 0 Å². The predicted molar refractivity (Wildman–Crippen MR) is 66.5 cm³/mol. The third-order valence-corrected chi connectivity index (χ3v) is 2.15. The van der Waals surface area contributed by atoms with Crippen molar-refractivity contribution in [3.05, 3.63) is 12.1 Å². The molecule has 0 N–H and O–H groups in total. The molecule has 0 unspecified atom stereocenters. The van der Waals surface area contributed by atoms with Crippen molar-refractivity contribution in [3.8, 4) is 11.8 Å². The molecule has 5 heteroatoms. The van der Waals surface area contributed by atoms with Crippen molar-refractivity contribution < 1.29 is 9.47 Å². The zero-order valence-corrected chi connectivity index (χ0v) is 10.8. The van der Waals surface area contributed by atoms with Gasteiger partial charge < -0.3 is 14.4 Å². The minimum Gasteiger partial charge on any atom is -0.477 e. The lowest BCUT2D eigenvalue weighted by molar-refractivity contribution is 0.247. The second kappa shape index (κ2) is 7.84. The molecule has 0 aliphatic heterocycles. The summed E-state index contributed by atoms with van der Waals surface area (Å²) in [6, 6.07) is 3.57. The van der Waals surface area contributed by atoms with Crippen LogP contribution in [0.1, 0.15) is 19.8 Å². The molecule has 0 bridgehead atoms. The Morgan fingerprint density at radius 3 is 2.12 bits per heavy atom. The Hall–Kier alpha value is -1.36. The van der Waals surface area contributed by atoms with Crippen LogP contribution in [-0.2, 0) is 0 Å². The van der Waals surface area contributed by atoms with Crippen molar-refractivity contribution in [1.82, 2.24) is 15.1 Å². The lowest BCUT2D eigenvalue weighted by atomic mass is 10.4. The van der Waals surface area contributed by atoms with E-state index in [1.807, 2.05) is 14.1 Å². The van der Waals surface area contributed by atoms with Gasteiger partial charge in [0.25, 0.3) is 0 Å². The molecule has 0 atom stereocenters. The second-order valence-electron chi connectivity index (χ2n) is 4.06. The highest BCUT2D eigenvalue weighted by molar-refractivity contribution is 5.15. The summed E-state index contributed by atoms with van der Waals surface area (Å²) in [5.41, 5.74) is 0. The normalized spacial score (nSPS) is 10.6. The topological polar surface area (TPSA) is 47.5 Å². The summed E-state index contributed by atoms with van der Waals surface area (Å²) >= 11 is 0. The van der Waals surface area contributed by atoms with Crippen molar-refractivity contribution in [2.24, 2.45) is 0 Å². The first kappa shape index (κ1) is 13.7. The second-order valence-corrected chi connectivity index (χ2v) is 4.06. The minimum atomic E-state index is 0.537. The van der Waals surface area contributed by atoms with Crippen molar-refractivity contribution in [3.63, 3.8) is 0 Å². The van der Waals surface area contributed by atoms with E-state index in [4.69, 9.17) is 9.47 Å². The molecular formula is C12H21N3O2. The van der Waals surface area contributed by atoms with E-state index >= 15 is 0 Å². The predicted octanol–water partition coefficient (Wildman–Crippen LogP) is 1.60. The average Bonchev–Trinajstić information content (AvgIpc) is 2.31. The number of ether oxygens (including phenoxy) is 2. The molecule has 0 aromatic carbocycles. The molecule has 1 rings (SSSR count). The van der Waals surface area contributed by atoms with Crippen molar-refractivity contribution in [2.45, 2.75) is 19.8 Å². The van der Waals surface area contributed by atoms with Gasteiger partial charge in [-0.15, -0.1) is 10.2 Å². The van der Waals surface area contributed by atoms with Crippen LogP contribution in [0.4, 0.5) is 0 Å². The van der Waals surface area contributed by atoms with Crippen molar-refractivity contribution in [2.75, 3.05) is 33.9 Å². The van der Waals surface area contributed by atoms with Crippen LogP contribution in [0, 0.1) is 0 Å². The van der Waals surface area contributed by atoms with Crippen LogP contribution < -0.4 is 9.47 Å². The molecule has 1 aromatic rings. The van der Waals surface area contributed by atoms with E-state index in [0.29, 0.717) is 25.0 Å². The van der Waals surface area contributed by atoms with E-state index < -0.39 is 0 Å². The fraction of sp³-hybridized carbons (Fsp3) is 0.667. The lowest BCUT2D eigenvalue weighted by Crippen LogP contribution is -2.19. The molecule has 0 saturated heterocycles. The fourth-order valence-electron chi connectivity index (χ4n) is 1.12. The van der Waals surface area contributed by atoms with Gasteiger partial charge in [-0.05, 0) is 20.5 Å². The maximum atomic E-state index is 5.43. The Kier molecular flexibility index (Phi) is 6.32. The standard InChI is InChI=1S/C12H21N3O2/c1-4-5-9-16-11-6-7-12(14-13-11)17-10-8-15(2)3/h6-7H,4-5,8-10H2,1-3H3. The third-order valence-electron chi connectivity index (χ3n) is 2.15. The van der Waals surface area contributed by atoms with Crippen LogP contribution in [0.25, 0.3) is 0 Å². The van der Waals surface area contributed by atoms with Gasteiger partial charge in [0, 0.05) is 18.7 Å². The minimum absolute atomic E-state index is 0.537. The van der Waals surface area contributed by atoms with Crippen LogP contribution >= 0.6 is 0 Å². The quantitative estimate of drug-likeness (QED) is 0.645. The molecule has 0 amide bonds. The third kappa shape index (κ3) is 6.06. The largest absolute Gasteiger partial charge is 0.477 e. The smallest absolute Gasteiger partial charge is 0.233 e. The van der Waals surface area contributed by atoms with Gasteiger partial charge in [-0.25, -0.2) is 0 Å². The van der Waals surface area contributed by atoms with E-state index in [2.05, 4.69) is 22.0 Å². The first-order chi connectivity index (χ1) is 8.22. The maximum Gasteiger partial charge on any atom is 0.233 e. The van der Waals surface area contributed by atoms with Crippen molar-refractivity contribution >= 4 is 0 Å². The van der Waals surface area contributed by atoms with E-state index in [9.17, 15) is 0 Å². The lowest BCUT2D eigenvalue weighted by Gasteiger charge is -2.10. The molecular weight excluding hydrogens is 218 g/mol. The molecule has 96 valence electrons. The molecule has 0 fully saturated rings. The summed E-state index contributed by atoms with van der Waals surface area (Å²) in [6.07, 6.45) is 2.14. The Balaban J connectivity index is 2.29. The molecule has 17 heavy (non-hydrogen) atoms. The van der Waals surface area contributed by atoms with Crippen LogP contribution in [0.15, 0.2) is 12.1 Å². The zero-order chi connectivity index (χ0) is 12.5.